The van der Waals surface area contributed by atoms with Crippen molar-refractivity contribution in [2.75, 3.05) is 18.4 Å². The number of para-hydroxylation sites is 1. The van der Waals surface area contributed by atoms with Crippen LogP contribution in [0.15, 0.2) is 54.4 Å². The van der Waals surface area contributed by atoms with Gasteiger partial charge in [0.2, 0.25) is 5.91 Å². The summed E-state index contributed by atoms with van der Waals surface area (Å²) in [6.07, 6.45) is 4.80. The van der Waals surface area contributed by atoms with Crippen molar-refractivity contribution in [2.24, 2.45) is 0 Å². The second kappa shape index (κ2) is 8.50. The number of piperazine rings is 1. The van der Waals surface area contributed by atoms with Crippen molar-refractivity contribution in [3.63, 3.8) is 0 Å². The highest BCUT2D eigenvalue weighted by atomic mass is 16.3. The molecule has 2 aliphatic rings. The molecule has 1 fully saturated rings. The summed E-state index contributed by atoms with van der Waals surface area (Å²) in [5, 5.41) is 15.5. The molecule has 1 aromatic heterocycles. The van der Waals surface area contributed by atoms with Crippen LogP contribution in [0, 0.1) is 13.8 Å². The number of hydrogen-bond donors (Lipinski definition) is 3. The Bertz CT molecular complexity index is 1210. The molecule has 2 atom stereocenters. The first-order valence-corrected chi connectivity index (χ1v) is 11.9. The van der Waals surface area contributed by atoms with Gasteiger partial charge in [-0.3, -0.25) is 4.79 Å². The molecule has 1 saturated heterocycles. The molecule has 0 radical (unpaired) electrons. The summed E-state index contributed by atoms with van der Waals surface area (Å²) in [7, 11) is 0. The van der Waals surface area contributed by atoms with E-state index in [-0.39, 0.29) is 23.7 Å². The van der Waals surface area contributed by atoms with Gasteiger partial charge >= 0.3 is 0 Å². The number of benzene rings is 2. The molecule has 5 rings (SSSR count). The molecule has 3 heterocycles. The van der Waals surface area contributed by atoms with E-state index in [0.717, 1.165) is 47.5 Å². The van der Waals surface area contributed by atoms with Crippen LogP contribution in [0.1, 0.15) is 49.0 Å². The van der Waals surface area contributed by atoms with Gasteiger partial charge < -0.3 is 25.2 Å². The van der Waals surface area contributed by atoms with Gasteiger partial charge in [-0.15, -0.1) is 0 Å². The highest BCUT2D eigenvalue weighted by molar-refractivity contribution is 5.88. The molecular weight excluding hydrogens is 412 g/mol. The molecule has 0 bridgehead atoms. The lowest BCUT2D eigenvalue weighted by Gasteiger charge is -2.45. The van der Waals surface area contributed by atoms with Gasteiger partial charge in [0.15, 0.2) is 0 Å². The number of amides is 1. The molecule has 0 unspecified atom stereocenters. The Morgan fingerprint density at radius 1 is 1.12 bits per heavy atom. The fraction of sp³-hybridized carbons (Fsp3) is 0.370. The third-order valence-electron chi connectivity index (χ3n) is 6.79. The third kappa shape index (κ3) is 3.84. The predicted octanol–water partition coefficient (Wildman–Crippen LogP) is 5.20. The smallest absolute Gasteiger partial charge is 0.245 e. The fourth-order valence-corrected chi connectivity index (χ4v) is 5.29. The van der Waals surface area contributed by atoms with Gasteiger partial charge in [0, 0.05) is 29.7 Å². The molecule has 3 N–H and O–H groups in total. The normalized spacial score (nSPS) is 20.3. The molecule has 6 heteroatoms. The van der Waals surface area contributed by atoms with E-state index in [1.807, 2.05) is 29.2 Å². The monoisotopic (exact) mass is 444 g/mol. The molecule has 1 amide bonds. The number of aryl methyl sites for hydroxylation is 2. The number of nitrogens with one attached hydrogen (secondary N) is 2. The van der Waals surface area contributed by atoms with Gasteiger partial charge in [-0.05, 0) is 68.2 Å². The number of carbonyl (C=O) groups excluding carboxylic acids is 1. The number of H-pyrrole nitrogens is 1. The van der Waals surface area contributed by atoms with E-state index in [1.54, 1.807) is 0 Å². The van der Waals surface area contributed by atoms with Crippen molar-refractivity contribution < 1.29 is 9.90 Å². The van der Waals surface area contributed by atoms with Crippen LogP contribution < -0.4 is 5.32 Å². The van der Waals surface area contributed by atoms with Crippen molar-refractivity contribution >= 4 is 22.5 Å². The SMILES string of the molecule is CCCCN1C[C@@H](c2[nH]c3ccccc3c2O)N2C(Nc3cc(C)cc(C)c3)=CC[C@H]2C1=O. The zero-order valence-corrected chi connectivity index (χ0v) is 19.6. The van der Waals surface area contributed by atoms with Crippen LogP contribution in [0.2, 0.25) is 0 Å². The highest BCUT2D eigenvalue weighted by Gasteiger charge is 2.45. The topological polar surface area (TPSA) is 71.6 Å². The summed E-state index contributed by atoms with van der Waals surface area (Å²) in [4.78, 5) is 21.0. The number of carbonyl (C=O) groups is 1. The Hall–Kier alpha value is -3.41. The number of unbranched alkanes of at least 4 members (excludes halogenated alkanes) is 1. The minimum atomic E-state index is -0.264. The van der Waals surface area contributed by atoms with E-state index in [4.69, 9.17) is 0 Å². The van der Waals surface area contributed by atoms with Crippen LogP contribution in [0.25, 0.3) is 10.9 Å². The number of hydrogen-bond acceptors (Lipinski definition) is 4. The van der Waals surface area contributed by atoms with Crippen LogP contribution in [0.4, 0.5) is 5.69 Å². The average molecular weight is 445 g/mol. The van der Waals surface area contributed by atoms with E-state index in [2.05, 4.69) is 60.2 Å². The van der Waals surface area contributed by atoms with Crippen LogP contribution in [-0.4, -0.2) is 44.9 Å². The van der Waals surface area contributed by atoms with E-state index >= 15 is 0 Å². The van der Waals surface area contributed by atoms with Crippen molar-refractivity contribution in [1.82, 2.24) is 14.8 Å². The first-order valence-electron chi connectivity index (χ1n) is 11.9. The quantitative estimate of drug-likeness (QED) is 0.489. The zero-order valence-electron chi connectivity index (χ0n) is 19.6. The second-order valence-electron chi connectivity index (χ2n) is 9.34. The van der Waals surface area contributed by atoms with Crippen molar-refractivity contribution in [2.45, 2.75) is 52.1 Å². The molecule has 33 heavy (non-hydrogen) atoms. The predicted molar refractivity (Wildman–Crippen MR) is 132 cm³/mol. The van der Waals surface area contributed by atoms with E-state index in [0.29, 0.717) is 13.0 Å². The van der Waals surface area contributed by atoms with Crippen molar-refractivity contribution in [3.05, 3.63) is 71.2 Å². The second-order valence-corrected chi connectivity index (χ2v) is 9.34. The van der Waals surface area contributed by atoms with Crippen molar-refractivity contribution in [3.8, 4) is 5.75 Å². The third-order valence-corrected chi connectivity index (χ3v) is 6.79. The number of aromatic amines is 1. The zero-order chi connectivity index (χ0) is 23.1. The molecule has 3 aromatic rings. The van der Waals surface area contributed by atoms with Crippen LogP contribution in [0.3, 0.4) is 0 Å². The maximum Gasteiger partial charge on any atom is 0.245 e. The number of rotatable bonds is 6. The fourth-order valence-electron chi connectivity index (χ4n) is 5.29. The summed E-state index contributed by atoms with van der Waals surface area (Å²) in [5.41, 5.74) is 5.08. The summed E-state index contributed by atoms with van der Waals surface area (Å²) in [6.45, 7) is 7.61. The van der Waals surface area contributed by atoms with Gasteiger partial charge in [0.1, 0.15) is 17.6 Å². The van der Waals surface area contributed by atoms with Crippen LogP contribution in [0.5, 0.6) is 5.75 Å². The number of nitrogens with zero attached hydrogens (tertiary/aromatic N) is 2. The molecule has 2 aliphatic heterocycles. The van der Waals surface area contributed by atoms with Gasteiger partial charge in [-0.1, -0.05) is 31.5 Å². The Kier molecular flexibility index (Phi) is 5.52. The number of fused-ring (bicyclic) bond motifs is 2. The maximum atomic E-state index is 13.4. The van der Waals surface area contributed by atoms with Crippen LogP contribution >= 0.6 is 0 Å². The number of anilines is 1. The lowest BCUT2D eigenvalue weighted by molar-refractivity contribution is -0.142. The van der Waals surface area contributed by atoms with Gasteiger partial charge in [0.05, 0.1) is 11.7 Å². The Balaban J connectivity index is 1.54. The number of aromatic hydroxyl groups is 1. The Labute approximate surface area is 194 Å². The summed E-state index contributed by atoms with van der Waals surface area (Å²) in [6, 6.07) is 13.8. The standard InChI is InChI=1S/C27H32N4O2/c1-4-5-12-30-16-23(25-26(32)20-8-6-7-9-21(20)29-25)31-22(27(30)33)10-11-24(31)28-19-14-17(2)13-18(3)15-19/h6-9,11,13-15,22-23,28-29,32H,4-5,10,12,16H2,1-3H3/t22-,23-/m0/s1. The highest BCUT2D eigenvalue weighted by Crippen LogP contribution is 2.43. The minimum absolute atomic E-state index is 0.163. The first kappa shape index (κ1) is 21.4. The molecule has 0 saturated carbocycles. The van der Waals surface area contributed by atoms with Gasteiger partial charge in [0.25, 0.3) is 0 Å². The summed E-state index contributed by atoms with van der Waals surface area (Å²) < 4.78 is 0. The van der Waals surface area contributed by atoms with E-state index in [1.165, 1.54) is 11.1 Å². The minimum Gasteiger partial charge on any atom is -0.505 e. The van der Waals surface area contributed by atoms with Gasteiger partial charge in [-0.2, -0.15) is 0 Å². The van der Waals surface area contributed by atoms with Crippen molar-refractivity contribution in [1.29, 1.82) is 0 Å². The molecule has 6 nitrogen and oxygen atoms in total. The summed E-state index contributed by atoms with van der Waals surface area (Å²) in [5.74, 6) is 1.37. The molecular formula is C27H32N4O2. The molecule has 172 valence electrons. The van der Waals surface area contributed by atoms with E-state index in [9.17, 15) is 9.90 Å². The van der Waals surface area contributed by atoms with E-state index < -0.39 is 0 Å². The molecule has 0 spiro atoms. The van der Waals surface area contributed by atoms with Crippen LogP contribution in [-0.2, 0) is 4.79 Å². The maximum absolute atomic E-state index is 13.4. The Morgan fingerprint density at radius 2 is 1.88 bits per heavy atom. The molecule has 0 aliphatic carbocycles. The Morgan fingerprint density at radius 3 is 2.61 bits per heavy atom. The number of aromatic nitrogens is 1. The average Bonchev–Trinajstić information content (AvgIpc) is 3.35. The molecule has 2 aromatic carbocycles. The summed E-state index contributed by atoms with van der Waals surface area (Å²) >= 11 is 0. The lowest BCUT2D eigenvalue weighted by Crippen LogP contribution is -2.56. The lowest BCUT2D eigenvalue weighted by atomic mass is 10.0. The van der Waals surface area contributed by atoms with Gasteiger partial charge in [-0.25, -0.2) is 0 Å². The largest absolute Gasteiger partial charge is 0.505 e. The first-order chi connectivity index (χ1) is 16.0.